The van der Waals surface area contributed by atoms with E-state index >= 15 is 0 Å². The van der Waals surface area contributed by atoms with Gasteiger partial charge in [0, 0.05) is 25.0 Å². The summed E-state index contributed by atoms with van der Waals surface area (Å²) < 4.78 is 7.20. The highest BCUT2D eigenvalue weighted by molar-refractivity contribution is 5.96. The highest BCUT2D eigenvalue weighted by atomic mass is 16.6. The quantitative estimate of drug-likeness (QED) is 0.714. The van der Waals surface area contributed by atoms with Crippen molar-refractivity contribution in [2.75, 3.05) is 5.32 Å². The van der Waals surface area contributed by atoms with Gasteiger partial charge in [0.2, 0.25) is 5.91 Å². The lowest BCUT2D eigenvalue weighted by Gasteiger charge is -2.32. The molecule has 2 N–H and O–H groups in total. The zero-order chi connectivity index (χ0) is 23.5. The number of aryl methyl sites for hydroxylation is 2. The molecule has 0 spiro atoms. The highest BCUT2D eigenvalue weighted by Gasteiger charge is 2.34. The molecule has 1 atom stereocenters. The summed E-state index contributed by atoms with van der Waals surface area (Å²) in [5.74, 6) is 0.892. The van der Waals surface area contributed by atoms with Gasteiger partial charge in [-0.1, -0.05) is 19.8 Å². The molecule has 32 heavy (non-hydrogen) atoms. The van der Waals surface area contributed by atoms with Crippen LogP contribution < -0.4 is 10.6 Å². The number of rotatable bonds is 5. The van der Waals surface area contributed by atoms with Gasteiger partial charge in [0.1, 0.15) is 17.5 Å². The third kappa shape index (κ3) is 6.08. The monoisotopic (exact) mass is 441 g/mol. The van der Waals surface area contributed by atoms with Crippen LogP contribution in [0.4, 0.5) is 10.6 Å². The van der Waals surface area contributed by atoms with Gasteiger partial charge in [0.25, 0.3) is 0 Å². The molecule has 2 aromatic heterocycles. The normalized spacial score (nSPS) is 19.8. The number of carbonyl (C=O) groups is 2. The summed E-state index contributed by atoms with van der Waals surface area (Å²) in [6.45, 7) is 9.61. The average molecular weight is 442 g/mol. The first kappa shape index (κ1) is 23.8. The van der Waals surface area contributed by atoms with Crippen molar-refractivity contribution in [2.24, 2.45) is 18.9 Å². The number of pyridine rings is 1. The number of aromatic nitrogens is 3. The lowest BCUT2D eigenvalue weighted by Crippen LogP contribution is -2.50. The molecule has 0 aliphatic heterocycles. The first-order valence-corrected chi connectivity index (χ1v) is 11.3. The minimum Gasteiger partial charge on any atom is -0.444 e. The molecule has 0 radical (unpaired) electrons. The molecule has 0 saturated heterocycles. The van der Waals surface area contributed by atoms with Crippen LogP contribution in [0.15, 0.2) is 24.5 Å². The Hall–Kier alpha value is -2.90. The fourth-order valence-corrected chi connectivity index (χ4v) is 4.19. The number of anilines is 1. The molecule has 2 amide bonds. The van der Waals surface area contributed by atoms with E-state index in [0.29, 0.717) is 11.7 Å². The minimum atomic E-state index is -0.670. The topological polar surface area (TPSA) is 98.1 Å². The summed E-state index contributed by atoms with van der Waals surface area (Å²) in [5, 5.41) is 9.93. The van der Waals surface area contributed by atoms with Crippen LogP contribution >= 0.6 is 0 Å². The third-order valence-corrected chi connectivity index (χ3v) is 5.95. The van der Waals surface area contributed by atoms with Gasteiger partial charge in [-0.05, 0) is 70.1 Å². The van der Waals surface area contributed by atoms with E-state index in [1.165, 1.54) is 0 Å². The summed E-state index contributed by atoms with van der Waals surface area (Å²) in [6.07, 6.45) is 6.76. The zero-order valence-electron chi connectivity index (χ0n) is 19.9. The van der Waals surface area contributed by atoms with Crippen LogP contribution in [-0.4, -0.2) is 38.4 Å². The van der Waals surface area contributed by atoms with Gasteiger partial charge in [0.15, 0.2) is 0 Å². The van der Waals surface area contributed by atoms with Crippen molar-refractivity contribution in [3.63, 3.8) is 0 Å². The molecule has 8 nitrogen and oxygen atoms in total. The molecule has 1 fully saturated rings. The molecule has 1 saturated carbocycles. The Labute approximate surface area is 190 Å². The van der Waals surface area contributed by atoms with Crippen LogP contribution in [0.3, 0.4) is 0 Å². The van der Waals surface area contributed by atoms with Crippen LogP contribution in [0.2, 0.25) is 0 Å². The fourth-order valence-electron chi connectivity index (χ4n) is 4.19. The molecule has 0 aromatic carbocycles. The molecule has 0 unspecified atom stereocenters. The second kappa shape index (κ2) is 9.71. The van der Waals surface area contributed by atoms with Gasteiger partial charge in [-0.2, -0.15) is 5.10 Å². The number of ether oxygens (including phenoxy) is 1. The van der Waals surface area contributed by atoms with Gasteiger partial charge in [-0.15, -0.1) is 0 Å². The predicted molar refractivity (Wildman–Crippen MR) is 124 cm³/mol. The van der Waals surface area contributed by atoms with E-state index in [4.69, 9.17) is 4.74 Å². The van der Waals surface area contributed by atoms with Crippen LogP contribution in [0.5, 0.6) is 0 Å². The maximum atomic E-state index is 13.2. The molecular formula is C24H35N5O3. The largest absolute Gasteiger partial charge is 0.444 e. The number of amides is 2. The first-order valence-electron chi connectivity index (χ1n) is 11.3. The number of hydrogen-bond acceptors (Lipinski definition) is 5. The molecule has 8 heteroatoms. The smallest absolute Gasteiger partial charge is 0.408 e. The summed E-state index contributed by atoms with van der Waals surface area (Å²) in [7, 11) is 1.88. The SMILES string of the molecule is Cc1cc(NC(=O)[C@@H](NC(=O)OC(C)(C)C)C2CCC(C)CC2)ncc1-c1ccnn1C. The average Bonchev–Trinajstić information content (AvgIpc) is 3.11. The van der Waals surface area contributed by atoms with Gasteiger partial charge < -0.3 is 15.4 Å². The molecule has 174 valence electrons. The minimum absolute atomic E-state index is 0.0635. The van der Waals surface area contributed by atoms with Gasteiger partial charge in [-0.3, -0.25) is 9.48 Å². The van der Waals surface area contributed by atoms with E-state index < -0.39 is 17.7 Å². The summed E-state index contributed by atoms with van der Waals surface area (Å²) in [6, 6.07) is 3.09. The zero-order valence-corrected chi connectivity index (χ0v) is 19.9. The van der Waals surface area contributed by atoms with Crippen molar-refractivity contribution < 1.29 is 14.3 Å². The Balaban J connectivity index is 1.76. The van der Waals surface area contributed by atoms with Gasteiger partial charge >= 0.3 is 6.09 Å². The van der Waals surface area contributed by atoms with Crippen LogP contribution in [-0.2, 0) is 16.6 Å². The van der Waals surface area contributed by atoms with E-state index in [1.807, 2.05) is 26.1 Å². The Morgan fingerprint density at radius 3 is 2.47 bits per heavy atom. The Bertz CT molecular complexity index is 955. The standard InChI is InChI=1S/C24H35N5O3/c1-15-7-9-17(10-8-15)21(28-23(31)32-24(3,4)5)22(30)27-20-13-16(2)18(14-25-20)19-11-12-26-29(19)6/h11-15,17,21H,7-10H2,1-6H3,(H,28,31)(H,25,27,30)/t15?,17?,21-/m0/s1. The summed E-state index contributed by atoms with van der Waals surface area (Å²) in [5.41, 5.74) is 2.25. The second-order valence-electron chi connectivity index (χ2n) is 9.86. The van der Waals surface area contributed by atoms with E-state index in [1.54, 1.807) is 37.8 Å². The fraction of sp³-hybridized carbons (Fsp3) is 0.583. The predicted octanol–water partition coefficient (Wildman–Crippen LogP) is 4.45. The number of nitrogens with one attached hydrogen (secondary N) is 2. The number of carbonyl (C=O) groups excluding carboxylic acids is 2. The van der Waals surface area contributed by atoms with E-state index in [9.17, 15) is 9.59 Å². The number of nitrogens with zero attached hydrogens (tertiary/aromatic N) is 3. The lowest BCUT2D eigenvalue weighted by molar-refractivity contribution is -0.119. The summed E-state index contributed by atoms with van der Waals surface area (Å²) >= 11 is 0. The van der Waals surface area contributed by atoms with Gasteiger partial charge in [-0.25, -0.2) is 9.78 Å². The molecule has 3 rings (SSSR count). The highest BCUT2D eigenvalue weighted by Crippen LogP contribution is 2.31. The maximum absolute atomic E-state index is 13.2. The molecule has 0 bridgehead atoms. The number of alkyl carbamates (subject to hydrolysis) is 1. The van der Waals surface area contributed by atoms with Crippen molar-refractivity contribution >= 4 is 17.8 Å². The van der Waals surface area contributed by atoms with Crippen molar-refractivity contribution in [3.8, 4) is 11.3 Å². The van der Waals surface area contributed by atoms with Crippen molar-refractivity contribution in [2.45, 2.75) is 71.9 Å². The molecule has 2 heterocycles. The van der Waals surface area contributed by atoms with E-state index in [2.05, 4.69) is 27.6 Å². The Kier molecular flexibility index (Phi) is 7.21. The second-order valence-corrected chi connectivity index (χ2v) is 9.86. The lowest BCUT2D eigenvalue weighted by atomic mass is 9.79. The first-order chi connectivity index (χ1) is 15.0. The molecule has 2 aromatic rings. The third-order valence-electron chi connectivity index (χ3n) is 5.95. The maximum Gasteiger partial charge on any atom is 0.408 e. The molecular weight excluding hydrogens is 406 g/mol. The molecule has 1 aliphatic rings. The Morgan fingerprint density at radius 2 is 1.91 bits per heavy atom. The van der Waals surface area contributed by atoms with Crippen LogP contribution in [0.25, 0.3) is 11.3 Å². The Morgan fingerprint density at radius 1 is 1.22 bits per heavy atom. The van der Waals surface area contributed by atoms with Gasteiger partial charge in [0.05, 0.1) is 5.69 Å². The van der Waals surface area contributed by atoms with E-state index in [0.717, 1.165) is 42.5 Å². The number of hydrogen-bond donors (Lipinski definition) is 2. The van der Waals surface area contributed by atoms with Crippen molar-refractivity contribution in [3.05, 3.63) is 30.1 Å². The van der Waals surface area contributed by atoms with Crippen LogP contribution in [0.1, 0.15) is 58.9 Å². The van der Waals surface area contributed by atoms with E-state index in [-0.39, 0.29) is 11.8 Å². The molecule has 1 aliphatic carbocycles. The van der Waals surface area contributed by atoms with Crippen molar-refractivity contribution in [1.82, 2.24) is 20.1 Å². The van der Waals surface area contributed by atoms with Crippen molar-refractivity contribution in [1.29, 1.82) is 0 Å². The van der Waals surface area contributed by atoms with Crippen LogP contribution in [0, 0.1) is 18.8 Å². The summed E-state index contributed by atoms with van der Waals surface area (Å²) in [4.78, 5) is 30.1.